The van der Waals surface area contributed by atoms with Crippen molar-refractivity contribution in [1.82, 2.24) is 5.32 Å². The third kappa shape index (κ3) is 6.60. The maximum atomic E-state index is 11.8. The number of rotatable bonds is 5. The minimum absolute atomic E-state index is 0.488. The molecule has 2 N–H and O–H groups in total. The number of nitrogens with one attached hydrogen (secondary N) is 2. The van der Waals surface area contributed by atoms with Gasteiger partial charge in [-0.3, -0.25) is 10.1 Å². The minimum atomic E-state index is -0.739. The van der Waals surface area contributed by atoms with Crippen molar-refractivity contribution >= 4 is 41.3 Å². The molecular weight excluding hydrogens is 368 g/mol. The van der Waals surface area contributed by atoms with E-state index in [0.29, 0.717) is 16.3 Å². The smallest absolute Gasteiger partial charge is 0.331 e. The molecule has 0 aliphatic carbocycles. The number of ether oxygens (including phenoxy) is 1. The molecular formula is C20H19ClN2O4. The second-order valence-corrected chi connectivity index (χ2v) is 6.19. The number of urea groups is 1. The molecule has 0 bridgehead atoms. The number of halogens is 1. The fourth-order valence-electron chi connectivity index (χ4n) is 2.22. The van der Waals surface area contributed by atoms with Crippen LogP contribution in [0.25, 0.3) is 6.08 Å². The predicted molar refractivity (Wildman–Crippen MR) is 105 cm³/mol. The Morgan fingerprint density at radius 3 is 2.56 bits per heavy atom. The highest BCUT2D eigenvalue weighted by atomic mass is 35.5. The van der Waals surface area contributed by atoms with Crippen LogP contribution in [0, 0.1) is 13.8 Å². The summed E-state index contributed by atoms with van der Waals surface area (Å²) in [5, 5.41) is 5.15. The van der Waals surface area contributed by atoms with Crippen molar-refractivity contribution in [2.75, 3.05) is 11.9 Å². The number of benzene rings is 2. The van der Waals surface area contributed by atoms with Crippen molar-refractivity contribution in [2.24, 2.45) is 0 Å². The summed E-state index contributed by atoms with van der Waals surface area (Å²) in [5.74, 6) is -1.46. The molecule has 0 aromatic heterocycles. The second-order valence-electron chi connectivity index (χ2n) is 5.78. The summed E-state index contributed by atoms with van der Waals surface area (Å²) < 4.78 is 4.80. The number of anilines is 1. The van der Waals surface area contributed by atoms with Gasteiger partial charge in [0.05, 0.1) is 0 Å². The predicted octanol–water partition coefficient (Wildman–Crippen LogP) is 3.86. The van der Waals surface area contributed by atoms with Gasteiger partial charge in [0, 0.05) is 16.8 Å². The maximum absolute atomic E-state index is 11.8. The van der Waals surface area contributed by atoms with E-state index in [0.717, 1.165) is 17.2 Å². The topological polar surface area (TPSA) is 84.5 Å². The molecule has 140 valence electrons. The first-order valence-electron chi connectivity index (χ1n) is 8.12. The summed E-state index contributed by atoms with van der Waals surface area (Å²) in [4.78, 5) is 35.2. The number of amides is 3. The number of esters is 1. The molecule has 0 atom stereocenters. The van der Waals surface area contributed by atoms with Gasteiger partial charge in [0.2, 0.25) is 0 Å². The number of imide groups is 1. The molecule has 0 fully saturated rings. The Morgan fingerprint density at radius 1 is 1.11 bits per heavy atom. The molecule has 7 heteroatoms. The van der Waals surface area contributed by atoms with Crippen molar-refractivity contribution in [2.45, 2.75) is 13.8 Å². The van der Waals surface area contributed by atoms with Gasteiger partial charge in [-0.15, -0.1) is 0 Å². The van der Waals surface area contributed by atoms with Crippen molar-refractivity contribution in [3.63, 3.8) is 0 Å². The molecule has 0 radical (unpaired) electrons. The van der Waals surface area contributed by atoms with Crippen molar-refractivity contribution < 1.29 is 19.1 Å². The van der Waals surface area contributed by atoms with Gasteiger partial charge in [-0.2, -0.15) is 0 Å². The summed E-state index contributed by atoms with van der Waals surface area (Å²) >= 11 is 5.97. The van der Waals surface area contributed by atoms with Crippen molar-refractivity contribution in [3.8, 4) is 0 Å². The maximum Gasteiger partial charge on any atom is 0.331 e. The highest BCUT2D eigenvalue weighted by Gasteiger charge is 2.11. The molecule has 2 aromatic rings. The summed E-state index contributed by atoms with van der Waals surface area (Å²) in [6.07, 6.45) is 2.64. The van der Waals surface area contributed by atoms with Crippen molar-refractivity contribution in [3.05, 3.63) is 70.3 Å². The van der Waals surface area contributed by atoms with Gasteiger partial charge in [0.15, 0.2) is 6.61 Å². The molecule has 2 rings (SSSR count). The molecule has 0 saturated heterocycles. The lowest BCUT2D eigenvalue weighted by atomic mass is 10.1. The van der Waals surface area contributed by atoms with E-state index in [1.54, 1.807) is 30.3 Å². The van der Waals surface area contributed by atoms with E-state index in [1.165, 1.54) is 6.08 Å². The number of carbonyl (C=O) groups excluding carboxylic acids is 3. The zero-order valence-electron chi connectivity index (χ0n) is 14.9. The van der Waals surface area contributed by atoms with Crippen LogP contribution in [0.15, 0.2) is 48.5 Å². The Bertz CT molecular complexity index is 893. The molecule has 0 aliphatic heterocycles. The summed E-state index contributed by atoms with van der Waals surface area (Å²) in [6.45, 7) is 3.21. The Hall–Kier alpha value is -3.12. The quantitative estimate of drug-likeness (QED) is 0.603. The Labute approximate surface area is 162 Å². The third-order valence-corrected chi connectivity index (χ3v) is 3.88. The van der Waals surface area contributed by atoms with Gasteiger partial charge < -0.3 is 10.1 Å². The van der Waals surface area contributed by atoms with E-state index >= 15 is 0 Å². The number of hydrogen-bond acceptors (Lipinski definition) is 4. The zero-order chi connectivity index (χ0) is 19.8. The van der Waals surface area contributed by atoms with Gasteiger partial charge in [-0.1, -0.05) is 47.5 Å². The standard InChI is InChI=1S/C20H19ClN2O4/c1-13-7-9-17(14(2)11-13)22-20(26)23-18(24)12-27-19(25)10-8-15-5-3-4-6-16(15)21/h3-11H,12H2,1-2H3,(H2,22,23,24,26)/b10-8+. The molecule has 0 spiro atoms. The van der Waals surface area contributed by atoms with Crippen molar-refractivity contribution in [1.29, 1.82) is 0 Å². The monoisotopic (exact) mass is 386 g/mol. The zero-order valence-corrected chi connectivity index (χ0v) is 15.7. The van der Waals surface area contributed by atoms with Gasteiger partial charge >= 0.3 is 12.0 Å². The van der Waals surface area contributed by atoms with Crippen LogP contribution in [0.4, 0.5) is 10.5 Å². The largest absolute Gasteiger partial charge is 0.452 e. The van der Waals surface area contributed by atoms with Gasteiger partial charge in [0.1, 0.15) is 0 Å². The SMILES string of the molecule is Cc1ccc(NC(=O)NC(=O)COC(=O)/C=C/c2ccccc2Cl)c(C)c1. The van der Waals surface area contributed by atoms with Gasteiger partial charge in [-0.25, -0.2) is 9.59 Å². The Morgan fingerprint density at radius 2 is 1.85 bits per heavy atom. The van der Waals surface area contributed by atoms with Crippen LogP contribution < -0.4 is 10.6 Å². The number of carbonyl (C=O) groups is 3. The number of aryl methyl sites for hydroxylation is 2. The lowest BCUT2D eigenvalue weighted by molar-refractivity contribution is -0.143. The van der Waals surface area contributed by atoms with Crippen LogP contribution in [-0.2, 0) is 14.3 Å². The Balaban J connectivity index is 1.79. The van der Waals surface area contributed by atoms with Crippen LogP contribution >= 0.6 is 11.6 Å². The second kappa shape index (κ2) is 9.54. The summed E-state index contributed by atoms with van der Waals surface area (Å²) in [5.41, 5.74) is 3.17. The van der Waals surface area contributed by atoms with Crippen LogP contribution in [0.2, 0.25) is 5.02 Å². The number of hydrogen-bond donors (Lipinski definition) is 2. The summed E-state index contributed by atoms with van der Waals surface area (Å²) in [7, 11) is 0. The molecule has 3 amide bonds. The molecule has 0 heterocycles. The lowest BCUT2D eigenvalue weighted by Crippen LogP contribution is -2.37. The lowest BCUT2D eigenvalue weighted by Gasteiger charge is -2.09. The first-order valence-corrected chi connectivity index (χ1v) is 8.50. The summed E-state index contributed by atoms with van der Waals surface area (Å²) in [6, 6.07) is 11.8. The van der Waals surface area contributed by atoms with E-state index in [-0.39, 0.29) is 0 Å². The normalized spacial score (nSPS) is 10.5. The van der Waals surface area contributed by atoms with E-state index in [2.05, 4.69) is 10.6 Å². The third-order valence-electron chi connectivity index (χ3n) is 3.53. The van der Waals surface area contributed by atoms with Crippen LogP contribution in [0.1, 0.15) is 16.7 Å². The molecule has 27 heavy (non-hydrogen) atoms. The van der Waals surface area contributed by atoms with Gasteiger partial charge in [0.25, 0.3) is 5.91 Å². The first kappa shape index (κ1) is 20.2. The fraction of sp³-hybridized carbons (Fsp3) is 0.150. The van der Waals surface area contributed by atoms with E-state index in [1.807, 2.05) is 26.0 Å². The van der Waals surface area contributed by atoms with E-state index in [9.17, 15) is 14.4 Å². The highest BCUT2D eigenvalue weighted by molar-refractivity contribution is 6.32. The first-order chi connectivity index (χ1) is 12.8. The minimum Gasteiger partial charge on any atom is -0.452 e. The average molecular weight is 387 g/mol. The van der Waals surface area contributed by atoms with Crippen LogP contribution in [-0.4, -0.2) is 24.5 Å². The van der Waals surface area contributed by atoms with Crippen LogP contribution in [0.3, 0.4) is 0 Å². The van der Waals surface area contributed by atoms with Gasteiger partial charge in [-0.05, 0) is 43.2 Å². The molecule has 0 saturated carbocycles. The van der Waals surface area contributed by atoms with E-state index in [4.69, 9.17) is 16.3 Å². The highest BCUT2D eigenvalue weighted by Crippen LogP contribution is 2.16. The average Bonchev–Trinajstić information content (AvgIpc) is 2.61. The van der Waals surface area contributed by atoms with Crippen LogP contribution in [0.5, 0.6) is 0 Å². The molecule has 6 nitrogen and oxygen atoms in total. The molecule has 0 aliphatic rings. The van der Waals surface area contributed by atoms with E-state index < -0.39 is 24.5 Å². The molecule has 2 aromatic carbocycles. The Kier molecular flexibility index (Phi) is 7.14. The molecule has 0 unspecified atom stereocenters. The fourth-order valence-corrected chi connectivity index (χ4v) is 2.42.